The van der Waals surface area contributed by atoms with E-state index in [1.54, 1.807) is 18.2 Å². The molecule has 0 aliphatic heterocycles. The molecule has 2 rings (SSSR count). The average Bonchev–Trinajstić information content (AvgIpc) is 2.85. The molecule has 2 aromatic rings. The van der Waals surface area contributed by atoms with Gasteiger partial charge < -0.3 is 14.6 Å². The number of hydrogen-bond acceptors (Lipinski definition) is 3. The molecule has 0 spiro atoms. The van der Waals surface area contributed by atoms with Crippen molar-refractivity contribution in [2.45, 2.75) is 13.0 Å². The highest BCUT2D eigenvalue weighted by atomic mass is 32.2. The third-order valence-corrected chi connectivity index (χ3v) is 3.96. The van der Waals surface area contributed by atoms with E-state index in [2.05, 4.69) is 5.32 Å². The number of benzene rings is 1. The molecule has 1 heterocycles. The van der Waals surface area contributed by atoms with Gasteiger partial charge in [-0.3, -0.25) is 4.21 Å². The maximum Gasteiger partial charge on any atom is 0.317 e. The van der Waals surface area contributed by atoms with Crippen LogP contribution in [0.2, 0.25) is 0 Å². The van der Waals surface area contributed by atoms with Crippen molar-refractivity contribution in [1.29, 1.82) is 0 Å². The predicted molar refractivity (Wildman–Crippen MR) is 84.6 cm³/mol. The van der Waals surface area contributed by atoms with E-state index in [1.165, 1.54) is 0 Å². The molecule has 0 saturated heterocycles. The Bertz CT molecular complexity index is 606. The van der Waals surface area contributed by atoms with Gasteiger partial charge in [-0.05, 0) is 18.6 Å². The van der Waals surface area contributed by atoms with Crippen LogP contribution in [0.1, 0.15) is 12.2 Å². The molecule has 5 nitrogen and oxygen atoms in total. The van der Waals surface area contributed by atoms with Gasteiger partial charge in [0.25, 0.3) is 0 Å². The number of nitrogens with one attached hydrogen (secondary N) is 1. The quantitative estimate of drug-likeness (QED) is 0.833. The summed E-state index contributed by atoms with van der Waals surface area (Å²) in [6.07, 6.45) is 2.38. The van der Waals surface area contributed by atoms with Gasteiger partial charge >= 0.3 is 6.03 Å². The summed E-state index contributed by atoms with van der Waals surface area (Å²) in [7, 11) is 0.911. The van der Waals surface area contributed by atoms with Crippen LogP contribution in [0.4, 0.5) is 4.79 Å². The van der Waals surface area contributed by atoms with Gasteiger partial charge in [0.1, 0.15) is 11.3 Å². The lowest BCUT2D eigenvalue weighted by molar-refractivity contribution is 0.203. The summed E-state index contributed by atoms with van der Waals surface area (Å²) >= 11 is 0. The standard InChI is InChI=1S/C15H20N2O3S/c1-17(15(18)16-8-5-9-21(2)19)11-13-10-12-6-3-4-7-14(12)20-13/h3-4,6-7,10H,5,8-9,11H2,1-2H3,(H,16,18)/t21-/m1/s1. The molecule has 0 aliphatic rings. The zero-order chi connectivity index (χ0) is 15.2. The highest BCUT2D eigenvalue weighted by molar-refractivity contribution is 7.84. The number of carbonyl (C=O) groups excluding carboxylic acids is 1. The minimum absolute atomic E-state index is 0.155. The van der Waals surface area contributed by atoms with Crippen molar-refractivity contribution in [1.82, 2.24) is 10.2 Å². The van der Waals surface area contributed by atoms with Crippen LogP contribution in [0.3, 0.4) is 0 Å². The molecule has 1 aromatic carbocycles. The summed E-state index contributed by atoms with van der Waals surface area (Å²) in [6, 6.07) is 9.55. The van der Waals surface area contributed by atoms with E-state index in [0.717, 1.165) is 16.7 Å². The minimum Gasteiger partial charge on any atom is -0.459 e. The first-order chi connectivity index (χ1) is 10.1. The molecule has 0 saturated carbocycles. The van der Waals surface area contributed by atoms with Crippen LogP contribution in [-0.2, 0) is 17.3 Å². The van der Waals surface area contributed by atoms with E-state index < -0.39 is 10.8 Å². The van der Waals surface area contributed by atoms with Crippen LogP contribution in [0.15, 0.2) is 34.7 Å². The number of urea groups is 1. The van der Waals surface area contributed by atoms with Crippen molar-refractivity contribution in [2.24, 2.45) is 0 Å². The summed E-state index contributed by atoms with van der Waals surface area (Å²) in [5, 5.41) is 3.84. The zero-order valence-corrected chi connectivity index (χ0v) is 13.1. The van der Waals surface area contributed by atoms with Crippen molar-refractivity contribution >= 4 is 27.8 Å². The van der Waals surface area contributed by atoms with E-state index in [0.29, 0.717) is 25.3 Å². The first-order valence-corrected chi connectivity index (χ1v) is 8.55. The molecule has 0 fully saturated rings. The zero-order valence-electron chi connectivity index (χ0n) is 12.3. The largest absolute Gasteiger partial charge is 0.459 e. The Hall–Kier alpha value is -1.82. The topological polar surface area (TPSA) is 62.6 Å². The number of nitrogens with zero attached hydrogens (tertiary/aromatic N) is 1. The molecule has 0 unspecified atom stereocenters. The molecule has 2 amide bonds. The van der Waals surface area contributed by atoms with Crippen LogP contribution in [-0.4, -0.2) is 40.7 Å². The Labute approximate surface area is 126 Å². The Morgan fingerprint density at radius 2 is 2.14 bits per heavy atom. The smallest absolute Gasteiger partial charge is 0.317 e. The summed E-state index contributed by atoms with van der Waals surface area (Å²) in [5.74, 6) is 1.36. The van der Waals surface area contributed by atoms with Gasteiger partial charge in [-0.15, -0.1) is 0 Å². The van der Waals surface area contributed by atoms with Gasteiger partial charge in [-0.1, -0.05) is 18.2 Å². The monoisotopic (exact) mass is 308 g/mol. The second-order valence-electron chi connectivity index (χ2n) is 4.97. The third kappa shape index (κ3) is 4.60. The number of amides is 2. The summed E-state index contributed by atoms with van der Waals surface area (Å²) in [5.41, 5.74) is 0.826. The van der Waals surface area contributed by atoms with Crippen molar-refractivity contribution in [3.8, 4) is 0 Å². The van der Waals surface area contributed by atoms with Crippen molar-refractivity contribution < 1.29 is 13.4 Å². The Morgan fingerprint density at radius 3 is 2.86 bits per heavy atom. The highest BCUT2D eigenvalue weighted by Gasteiger charge is 2.11. The van der Waals surface area contributed by atoms with E-state index in [4.69, 9.17) is 4.42 Å². The van der Waals surface area contributed by atoms with Crippen LogP contribution in [0.25, 0.3) is 11.0 Å². The Balaban J connectivity index is 1.84. The summed E-state index contributed by atoms with van der Waals surface area (Å²) in [4.78, 5) is 13.5. The van der Waals surface area contributed by atoms with E-state index in [1.807, 2.05) is 30.3 Å². The molecule has 6 heteroatoms. The third-order valence-electron chi connectivity index (χ3n) is 3.10. The molecular weight excluding hydrogens is 288 g/mol. The number of fused-ring (bicyclic) bond motifs is 1. The van der Waals surface area contributed by atoms with E-state index in [-0.39, 0.29) is 6.03 Å². The molecule has 21 heavy (non-hydrogen) atoms. The molecule has 1 N–H and O–H groups in total. The van der Waals surface area contributed by atoms with Crippen molar-refractivity contribution in [3.05, 3.63) is 36.1 Å². The Morgan fingerprint density at radius 1 is 1.38 bits per heavy atom. The van der Waals surface area contributed by atoms with Crippen LogP contribution in [0.5, 0.6) is 0 Å². The molecule has 1 atom stereocenters. The molecule has 0 aliphatic carbocycles. The predicted octanol–water partition coefficient (Wildman–Crippen LogP) is 2.34. The lowest BCUT2D eigenvalue weighted by Crippen LogP contribution is -2.37. The van der Waals surface area contributed by atoms with Crippen molar-refractivity contribution in [2.75, 3.05) is 25.6 Å². The van der Waals surface area contributed by atoms with Crippen LogP contribution in [0, 0.1) is 0 Å². The second kappa shape index (κ2) is 7.26. The lowest BCUT2D eigenvalue weighted by atomic mass is 10.2. The van der Waals surface area contributed by atoms with E-state index >= 15 is 0 Å². The van der Waals surface area contributed by atoms with Gasteiger partial charge in [-0.25, -0.2) is 4.79 Å². The van der Waals surface area contributed by atoms with Gasteiger partial charge in [0.2, 0.25) is 0 Å². The number of furan rings is 1. The van der Waals surface area contributed by atoms with Crippen LogP contribution >= 0.6 is 0 Å². The molecule has 1 aromatic heterocycles. The minimum atomic E-state index is -0.811. The van der Waals surface area contributed by atoms with Gasteiger partial charge in [-0.2, -0.15) is 0 Å². The SMILES string of the molecule is CN(Cc1cc2ccccc2o1)C(=O)NCCC[S@@](C)=O. The summed E-state index contributed by atoms with van der Waals surface area (Å²) in [6.45, 7) is 0.948. The van der Waals surface area contributed by atoms with Gasteiger partial charge in [0.05, 0.1) is 6.54 Å². The maximum absolute atomic E-state index is 11.9. The fourth-order valence-corrected chi connectivity index (χ4v) is 2.58. The second-order valence-corrected chi connectivity index (χ2v) is 6.52. The maximum atomic E-state index is 11.9. The first kappa shape index (κ1) is 15.6. The average molecular weight is 308 g/mol. The number of carbonyl (C=O) groups is 1. The lowest BCUT2D eigenvalue weighted by Gasteiger charge is -2.16. The molecule has 0 radical (unpaired) electrons. The van der Waals surface area contributed by atoms with Crippen molar-refractivity contribution in [3.63, 3.8) is 0 Å². The highest BCUT2D eigenvalue weighted by Crippen LogP contribution is 2.19. The number of para-hydroxylation sites is 1. The number of rotatable bonds is 6. The first-order valence-electron chi connectivity index (χ1n) is 6.82. The fourth-order valence-electron chi connectivity index (χ4n) is 2.03. The number of hydrogen-bond donors (Lipinski definition) is 1. The Kier molecular flexibility index (Phi) is 5.38. The molecular formula is C15H20N2O3S. The van der Waals surface area contributed by atoms with Crippen LogP contribution < -0.4 is 5.32 Å². The molecule has 114 valence electrons. The molecule has 0 bridgehead atoms. The fraction of sp³-hybridized carbons (Fsp3) is 0.400. The van der Waals surface area contributed by atoms with Gasteiger partial charge in [0.15, 0.2) is 0 Å². The van der Waals surface area contributed by atoms with E-state index in [9.17, 15) is 9.00 Å². The van der Waals surface area contributed by atoms with Gasteiger partial charge in [0, 0.05) is 41.8 Å². The summed E-state index contributed by atoms with van der Waals surface area (Å²) < 4.78 is 16.6. The normalized spacial score (nSPS) is 12.3.